The minimum Gasteiger partial charge on any atom is -0.257 e. The van der Waals surface area contributed by atoms with Crippen molar-refractivity contribution in [2.24, 2.45) is 49.3 Å². The molecule has 0 amide bonds. The fraction of sp³-hybridized carbons (Fsp3) is 0.507. The largest absolute Gasteiger partial charge is 0.322 e. The van der Waals surface area contributed by atoms with Gasteiger partial charge >= 0.3 is 39.5 Å². The minimum absolute atomic E-state index is 0.821. The average Bonchev–Trinajstić information content (AvgIpc) is 1.61. The number of aromatic nitrogens is 28. The molecule has 28 heteroatoms. The summed E-state index contributed by atoms with van der Waals surface area (Å²) in [4.78, 5) is 61.7. The number of aryl methyl sites for hydroxylation is 22. The average molecular weight is 1350 g/mol. The van der Waals surface area contributed by atoms with Gasteiger partial charge in [0.05, 0.1) is 137 Å². The van der Waals surface area contributed by atoms with Crippen molar-refractivity contribution in [2.75, 3.05) is 0 Å². The summed E-state index contributed by atoms with van der Waals surface area (Å²) in [6.07, 6.45) is 10.6. The molecule has 0 N–H and O–H groups in total. The Morgan fingerprint density at radius 3 is 1.19 bits per heavy atom. The van der Waals surface area contributed by atoms with Crippen molar-refractivity contribution < 1.29 is 32.0 Å². The first-order valence-electron chi connectivity index (χ1n) is 34.3. The van der Waals surface area contributed by atoms with Crippen LogP contribution in [0.4, 0.5) is 0 Å². The van der Waals surface area contributed by atoms with Crippen LogP contribution in [0.2, 0.25) is 0 Å². The van der Waals surface area contributed by atoms with Gasteiger partial charge in [-0.1, -0.05) is 15.0 Å². The summed E-state index contributed by atoms with van der Waals surface area (Å²) in [6, 6.07) is 0. The molecule has 0 unspecified atom stereocenters. The highest BCUT2D eigenvalue weighted by Gasteiger charge is 2.26. The van der Waals surface area contributed by atoms with Crippen LogP contribution < -0.4 is 32.0 Å². The SMILES string of the molecule is CCn1c(C)[n+](C)c2nc(C)c(C)nc21.CCn1c(C)[n+](C)c2nc(C)cnc21.CCn1c(C)[n+](C)c2nc(C)nc(C)c21.CCn1c(C)[n+](C)c2nc(C)ncc21.CCn1c(C)[n+](C)c2ncc(C)nc21.CCn1c(C)[n+](C)c2nccnc21.CCn1c(C)[n+](C)c2ncnc(C)c21. The molecular formula is C71H107N28+7. The van der Waals surface area contributed by atoms with Crippen molar-refractivity contribution in [1.82, 2.24) is 102 Å². The van der Waals surface area contributed by atoms with Gasteiger partial charge < -0.3 is 0 Å². The maximum Gasteiger partial charge on any atom is 0.322 e. The molecule has 0 saturated carbocycles. The maximum absolute atomic E-state index is 4.61. The van der Waals surface area contributed by atoms with Crippen molar-refractivity contribution in [3.8, 4) is 0 Å². The van der Waals surface area contributed by atoms with Gasteiger partial charge in [-0.25, -0.2) is 85.1 Å². The van der Waals surface area contributed by atoms with E-state index in [1.807, 2.05) is 116 Å². The van der Waals surface area contributed by atoms with Crippen LogP contribution in [0.25, 0.3) is 78.7 Å². The highest BCUT2D eigenvalue weighted by molar-refractivity contribution is 5.72. The van der Waals surface area contributed by atoms with E-state index in [0.717, 1.165) is 170 Å². The lowest BCUT2D eigenvalue weighted by Crippen LogP contribution is -2.31. The Balaban J connectivity index is 0.000000147. The van der Waals surface area contributed by atoms with Crippen LogP contribution in [0.1, 0.15) is 135 Å². The van der Waals surface area contributed by atoms with Crippen molar-refractivity contribution in [3.05, 3.63) is 124 Å². The van der Waals surface area contributed by atoms with Crippen molar-refractivity contribution in [1.29, 1.82) is 0 Å². The summed E-state index contributed by atoms with van der Waals surface area (Å²) < 4.78 is 30.0. The molecule has 0 aliphatic rings. The van der Waals surface area contributed by atoms with E-state index < -0.39 is 0 Å². The number of fused-ring (bicyclic) bond motifs is 7. The van der Waals surface area contributed by atoms with E-state index in [-0.39, 0.29) is 0 Å². The first-order chi connectivity index (χ1) is 47.0. The molecule has 0 atom stereocenters. The van der Waals surface area contributed by atoms with Crippen molar-refractivity contribution in [2.45, 2.75) is 198 Å². The third kappa shape index (κ3) is 14.4. The Morgan fingerprint density at radius 1 is 0.263 bits per heavy atom. The quantitative estimate of drug-likeness (QED) is 0.154. The third-order valence-corrected chi connectivity index (χ3v) is 19.1. The van der Waals surface area contributed by atoms with Crippen LogP contribution in [0.15, 0.2) is 37.3 Å². The van der Waals surface area contributed by atoms with Crippen LogP contribution in [-0.4, -0.2) is 102 Å². The third-order valence-electron chi connectivity index (χ3n) is 19.1. The van der Waals surface area contributed by atoms with Gasteiger partial charge in [0.1, 0.15) is 23.8 Å². The molecule has 14 aromatic heterocycles. The summed E-state index contributed by atoms with van der Waals surface area (Å²) in [6.45, 7) is 52.0. The molecule has 0 saturated heterocycles. The molecule has 0 radical (unpaired) electrons. The Bertz CT molecular complexity index is 5160. The summed E-state index contributed by atoms with van der Waals surface area (Å²) in [5, 5.41) is 0. The van der Waals surface area contributed by atoms with Gasteiger partial charge in [0.25, 0.3) is 22.6 Å². The van der Waals surface area contributed by atoms with Gasteiger partial charge in [0.2, 0.25) is 52.4 Å². The van der Waals surface area contributed by atoms with Gasteiger partial charge in [0, 0.05) is 62.3 Å². The molecule has 524 valence electrons. The highest BCUT2D eigenvalue weighted by Crippen LogP contribution is 2.18. The van der Waals surface area contributed by atoms with Crippen LogP contribution in [0.5, 0.6) is 0 Å². The predicted molar refractivity (Wildman–Crippen MR) is 382 cm³/mol. The van der Waals surface area contributed by atoms with Gasteiger partial charge in [-0.05, 0) is 90.0 Å². The van der Waals surface area contributed by atoms with Crippen LogP contribution >= 0.6 is 0 Å². The topological polar surface area (TPSA) is 242 Å². The maximum atomic E-state index is 4.61. The van der Waals surface area contributed by atoms with Gasteiger partial charge in [-0.3, -0.25) is 13.7 Å². The second kappa shape index (κ2) is 31.2. The molecule has 0 bridgehead atoms. The lowest BCUT2D eigenvalue weighted by molar-refractivity contribution is -0.654. The molecule has 0 aliphatic heterocycles. The number of hydrogen-bond donors (Lipinski definition) is 0. The Kier molecular flexibility index (Phi) is 23.5. The highest BCUT2D eigenvalue weighted by atomic mass is 15.3. The summed E-state index contributed by atoms with van der Waals surface area (Å²) in [5.74, 6) is 10.1. The number of nitrogens with zero attached hydrogens (tertiary/aromatic N) is 28. The van der Waals surface area contributed by atoms with Crippen LogP contribution in [-0.2, 0) is 95.1 Å². The van der Waals surface area contributed by atoms with E-state index in [1.165, 1.54) is 40.8 Å². The second-order valence-electron chi connectivity index (χ2n) is 24.8. The number of rotatable bonds is 7. The van der Waals surface area contributed by atoms with Gasteiger partial charge in [0.15, 0.2) is 22.9 Å². The van der Waals surface area contributed by atoms with E-state index >= 15 is 0 Å². The van der Waals surface area contributed by atoms with E-state index in [4.69, 9.17) is 0 Å². The zero-order chi connectivity index (χ0) is 72.9. The molecule has 0 aromatic carbocycles. The van der Waals surface area contributed by atoms with E-state index in [1.54, 1.807) is 18.7 Å². The first-order valence-corrected chi connectivity index (χ1v) is 34.3. The molecule has 14 aromatic rings. The Hall–Kier alpha value is -10.2. The lowest BCUT2D eigenvalue weighted by atomic mass is 10.3. The van der Waals surface area contributed by atoms with E-state index in [2.05, 4.69) is 238 Å². The van der Waals surface area contributed by atoms with Gasteiger partial charge in [-0.2, -0.15) is 0 Å². The molecule has 0 aliphatic carbocycles. The normalized spacial score (nSPS) is 11.2. The molecule has 0 spiro atoms. The standard InChI is InChI=1S/2C11H17N4.4C10H15N4.C9H13N4/c1-6-15-9(4)14(5)11-10(15)7(2)12-8(3)13-11;1-6-15-9(4)14(5)10-11(15)13-8(3)7(2)12-10;1-5-14-8(3)13(4)10-9(14)7(2)11-6-12-10;1-5-14-8(3)13(4)10-9(14)6-11-7(2)12-10;1-5-14-8(3)13(4)10-9(14)11-6-7(2)12-10;1-5-14-8(3)13(4)9-10(14)12-7(2)6-11-9;1-4-13-7(2)12(3)8-9(13)11-6-5-10-8/h2*6H2,1-5H3;4*6H,5H2,1-4H3;5-6H,4H2,1-3H3/q7*+1. The van der Waals surface area contributed by atoms with E-state index in [9.17, 15) is 0 Å². The minimum atomic E-state index is 0.821. The molecular weight excluding hydrogens is 1240 g/mol. The second-order valence-corrected chi connectivity index (χ2v) is 24.8. The van der Waals surface area contributed by atoms with Crippen molar-refractivity contribution in [3.63, 3.8) is 0 Å². The summed E-state index contributed by atoms with van der Waals surface area (Å²) in [5.41, 5.74) is 20.2. The monoisotopic (exact) mass is 1350 g/mol. The lowest BCUT2D eigenvalue weighted by Gasteiger charge is -1.97. The summed E-state index contributed by atoms with van der Waals surface area (Å²) >= 11 is 0. The zero-order valence-electron chi connectivity index (χ0n) is 64.4. The van der Waals surface area contributed by atoms with Crippen LogP contribution in [0.3, 0.4) is 0 Å². The Morgan fingerprint density at radius 2 is 0.646 bits per heavy atom. The van der Waals surface area contributed by atoms with E-state index in [0.29, 0.717) is 0 Å². The molecule has 14 heterocycles. The number of imidazole rings is 7. The van der Waals surface area contributed by atoms with Gasteiger partial charge in [-0.15, -0.1) is 19.9 Å². The fourth-order valence-electron chi connectivity index (χ4n) is 12.8. The predicted octanol–water partition coefficient (Wildman–Crippen LogP) is 6.56. The zero-order valence-corrected chi connectivity index (χ0v) is 64.4. The van der Waals surface area contributed by atoms with Crippen LogP contribution in [0, 0.1) is 104 Å². The molecule has 28 nitrogen and oxygen atoms in total. The smallest absolute Gasteiger partial charge is 0.257 e. The fourth-order valence-corrected chi connectivity index (χ4v) is 12.8. The van der Waals surface area contributed by atoms with Crippen molar-refractivity contribution >= 4 is 78.7 Å². The first kappa shape index (κ1) is 74.6. The molecule has 99 heavy (non-hydrogen) atoms. The number of hydrogen-bond acceptors (Lipinski definition) is 14. The summed E-state index contributed by atoms with van der Waals surface area (Å²) in [7, 11) is 14.2. The molecule has 0 fully saturated rings. The molecule has 14 rings (SSSR count). The Labute approximate surface area is 581 Å².